The number of rotatable bonds is 6. The van der Waals surface area contributed by atoms with Gasteiger partial charge >= 0.3 is 6.36 Å². The molecular weight excluding hydrogens is 577 g/mol. The average Bonchev–Trinajstić information content (AvgIpc) is 3.55. The summed E-state index contributed by atoms with van der Waals surface area (Å²) in [5.74, 6) is -2.21. The number of hydrogen-bond acceptors (Lipinski definition) is 6. The Morgan fingerprint density at radius 3 is 2.70 bits per heavy atom. The van der Waals surface area contributed by atoms with Crippen LogP contribution in [0.5, 0.6) is 5.75 Å². The topological polar surface area (TPSA) is 105 Å². The van der Waals surface area contributed by atoms with Crippen LogP contribution in [0.1, 0.15) is 25.3 Å². The zero-order valence-corrected chi connectivity index (χ0v) is 22.5. The van der Waals surface area contributed by atoms with Crippen LogP contribution in [-0.4, -0.2) is 65.6 Å². The quantitative estimate of drug-likeness (QED) is 0.163. The van der Waals surface area contributed by atoms with Crippen molar-refractivity contribution in [2.24, 2.45) is 10.1 Å². The van der Waals surface area contributed by atoms with E-state index in [1.165, 1.54) is 5.01 Å². The number of nitrogens with zero attached hydrogens (tertiary/aromatic N) is 5. The van der Waals surface area contributed by atoms with Gasteiger partial charge in [0.05, 0.1) is 40.1 Å². The summed E-state index contributed by atoms with van der Waals surface area (Å²) in [6.45, 7) is 2.89. The van der Waals surface area contributed by atoms with E-state index in [0.29, 0.717) is 35.3 Å². The third-order valence-electron chi connectivity index (χ3n) is 6.20. The number of nitriles is 1. The van der Waals surface area contributed by atoms with Crippen LogP contribution in [0, 0.1) is 17.3 Å². The molecule has 2 aromatic carbocycles. The van der Waals surface area contributed by atoms with Crippen molar-refractivity contribution in [2.75, 3.05) is 19.6 Å². The second-order valence-electron chi connectivity index (χ2n) is 8.85. The van der Waals surface area contributed by atoms with E-state index in [4.69, 9.17) is 23.2 Å². The van der Waals surface area contributed by atoms with Crippen LogP contribution in [0.25, 0.3) is 0 Å². The normalized spacial score (nSPS) is 19.3. The zero-order chi connectivity index (χ0) is 29.0. The first kappa shape index (κ1) is 29.4. The van der Waals surface area contributed by atoms with E-state index >= 15 is 0 Å². The van der Waals surface area contributed by atoms with Gasteiger partial charge in [0.2, 0.25) is 11.9 Å². The lowest BCUT2D eigenvalue weighted by Gasteiger charge is -2.31. The summed E-state index contributed by atoms with van der Waals surface area (Å²) < 4.78 is 56.0. The Labute approximate surface area is 237 Å². The molecular formula is C25H23Cl2F4N7O2. The molecule has 0 aliphatic carbocycles. The van der Waals surface area contributed by atoms with E-state index < -0.39 is 24.0 Å². The standard InChI is InChI=1S/C25H23Cl2F4N7O2/c1-2-37(23(39)20-4-3-7-33-20)21-12-38(36-22(21)14-5-6-18(26)19(27)8-14)24(34-13-32)35-16-9-15(28)10-17(11-16)40-25(29,30)31/h5-6,8-11,20-21,33H,2-4,7,12H2,1H3,(H,34,35)/t20-,21?/m1/s1. The minimum atomic E-state index is -5.05. The number of carbonyl (C=O) groups excluding carboxylic acids is 1. The van der Waals surface area contributed by atoms with Crippen molar-refractivity contribution in [3.63, 3.8) is 0 Å². The molecule has 0 bridgehead atoms. The molecule has 9 nitrogen and oxygen atoms in total. The van der Waals surface area contributed by atoms with Gasteiger partial charge in [0.15, 0.2) is 6.19 Å². The number of alkyl halides is 3. The maximum Gasteiger partial charge on any atom is 0.573 e. The number of ether oxygens (including phenoxy) is 1. The van der Waals surface area contributed by atoms with E-state index in [1.807, 2.05) is 6.92 Å². The lowest BCUT2D eigenvalue weighted by Crippen LogP contribution is -2.53. The highest BCUT2D eigenvalue weighted by Crippen LogP contribution is 2.30. The summed E-state index contributed by atoms with van der Waals surface area (Å²) in [7, 11) is 0. The summed E-state index contributed by atoms with van der Waals surface area (Å²) >= 11 is 12.3. The molecule has 2 aliphatic rings. The van der Waals surface area contributed by atoms with Crippen LogP contribution in [0.2, 0.25) is 10.0 Å². The summed E-state index contributed by atoms with van der Waals surface area (Å²) in [5, 5.41) is 21.3. The van der Waals surface area contributed by atoms with Gasteiger partial charge in [-0.1, -0.05) is 29.3 Å². The first-order valence-corrected chi connectivity index (χ1v) is 12.9. The number of aliphatic imine (C=N–C) groups is 1. The second kappa shape index (κ2) is 12.3. The van der Waals surface area contributed by atoms with E-state index in [2.05, 4.69) is 25.5 Å². The minimum Gasteiger partial charge on any atom is -0.406 e. The third kappa shape index (κ3) is 6.93. The van der Waals surface area contributed by atoms with Crippen LogP contribution >= 0.6 is 23.2 Å². The monoisotopic (exact) mass is 599 g/mol. The lowest BCUT2D eigenvalue weighted by atomic mass is 10.0. The highest BCUT2D eigenvalue weighted by atomic mass is 35.5. The zero-order valence-electron chi connectivity index (χ0n) is 21.0. The molecule has 0 saturated carbocycles. The minimum absolute atomic E-state index is 0.0244. The van der Waals surface area contributed by atoms with Gasteiger partial charge in [0, 0.05) is 24.2 Å². The van der Waals surface area contributed by atoms with Crippen molar-refractivity contribution in [3.05, 3.63) is 57.8 Å². The van der Waals surface area contributed by atoms with Crippen LogP contribution in [0.3, 0.4) is 0 Å². The summed E-state index contributed by atoms with van der Waals surface area (Å²) in [4.78, 5) is 19.2. The first-order valence-electron chi connectivity index (χ1n) is 12.1. The van der Waals surface area contributed by atoms with E-state index in [-0.39, 0.29) is 35.2 Å². The molecule has 40 heavy (non-hydrogen) atoms. The molecule has 1 saturated heterocycles. The van der Waals surface area contributed by atoms with Gasteiger partial charge in [-0.3, -0.25) is 10.1 Å². The Balaban J connectivity index is 1.75. The van der Waals surface area contributed by atoms with E-state index in [9.17, 15) is 27.6 Å². The Kier molecular flexibility index (Phi) is 9.02. The molecule has 1 amide bonds. The number of nitrogens with one attached hydrogen (secondary N) is 2. The maximum atomic E-state index is 14.1. The molecule has 0 radical (unpaired) electrons. The highest BCUT2D eigenvalue weighted by molar-refractivity contribution is 6.42. The van der Waals surface area contributed by atoms with E-state index in [0.717, 1.165) is 25.1 Å². The Hall–Kier alpha value is -3.60. The van der Waals surface area contributed by atoms with Crippen LogP contribution in [-0.2, 0) is 4.79 Å². The van der Waals surface area contributed by atoms with Crippen LogP contribution in [0.15, 0.2) is 46.5 Å². The highest BCUT2D eigenvalue weighted by Gasteiger charge is 2.39. The first-order chi connectivity index (χ1) is 19.0. The number of hydrazone groups is 1. The number of guanidine groups is 1. The number of amides is 1. The fraction of sp³-hybridized carbons (Fsp3) is 0.360. The average molecular weight is 600 g/mol. The Bertz CT molecular complexity index is 1370. The Morgan fingerprint density at radius 2 is 2.08 bits per heavy atom. The molecule has 2 atom stereocenters. The molecule has 1 unspecified atom stereocenters. The van der Waals surface area contributed by atoms with Gasteiger partial charge < -0.3 is 15.0 Å². The van der Waals surface area contributed by atoms with Crippen molar-refractivity contribution in [1.29, 1.82) is 5.26 Å². The Morgan fingerprint density at radius 1 is 1.30 bits per heavy atom. The molecule has 2 aliphatic heterocycles. The molecule has 15 heteroatoms. The number of halogens is 6. The molecule has 1 fully saturated rings. The van der Waals surface area contributed by atoms with Gasteiger partial charge in [0.1, 0.15) is 11.6 Å². The van der Waals surface area contributed by atoms with Crippen LogP contribution in [0.4, 0.5) is 23.2 Å². The summed E-state index contributed by atoms with van der Waals surface area (Å²) in [5.41, 5.74) is 0.695. The third-order valence-corrected chi connectivity index (χ3v) is 6.94. The molecule has 2 heterocycles. The fourth-order valence-corrected chi connectivity index (χ4v) is 4.82. The predicted octanol–water partition coefficient (Wildman–Crippen LogP) is 4.78. The van der Waals surface area contributed by atoms with Crippen molar-refractivity contribution in [3.8, 4) is 11.9 Å². The largest absolute Gasteiger partial charge is 0.573 e. The van der Waals surface area contributed by atoms with Crippen molar-refractivity contribution in [1.82, 2.24) is 20.5 Å². The molecule has 0 aromatic heterocycles. The van der Waals surface area contributed by atoms with E-state index in [1.54, 1.807) is 29.3 Å². The van der Waals surface area contributed by atoms with Crippen LogP contribution < -0.4 is 15.4 Å². The van der Waals surface area contributed by atoms with Crippen molar-refractivity contribution < 1.29 is 27.1 Å². The molecule has 2 aromatic rings. The maximum absolute atomic E-state index is 14.1. The lowest BCUT2D eigenvalue weighted by molar-refractivity contribution is -0.274. The molecule has 2 N–H and O–H groups in total. The number of likely N-dealkylation sites (N-methyl/N-ethyl adjacent to an activating group) is 1. The fourth-order valence-electron chi connectivity index (χ4n) is 4.53. The SMILES string of the molecule is CCN(C(=O)[C@H]1CCCN1)C1CN(C(=Nc2cc(F)cc(OC(F)(F)F)c2)NC#N)N=C1c1ccc(Cl)c(Cl)c1. The summed E-state index contributed by atoms with van der Waals surface area (Å²) in [6, 6.07) is 6.14. The van der Waals surface area contributed by atoms with Gasteiger partial charge in [-0.15, -0.1) is 13.2 Å². The van der Waals surface area contributed by atoms with Crippen molar-refractivity contribution in [2.45, 2.75) is 38.2 Å². The van der Waals surface area contributed by atoms with Gasteiger partial charge in [-0.2, -0.15) is 10.4 Å². The van der Waals surface area contributed by atoms with Crippen molar-refractivity contribution >= 4 is 46.5 Å². The van der Waals surface area contributed by atoms with Gasteiger partial charge in [-0.05, 0) is 44.5 Å². The van der Waals surface area contributed by atoms with Gasteiger partial charge in [0.25, 0.3) is 0 Å². The second-order valence-corrected chi connectivity index (χ2v) is 9.66. The number of carbonyl (C=O) groups is 1. The predicted molar refractivity (Wildman–Crippen MR) is 141 cm³/mol. The number of hydrogen-bond donors (Lipinski definition) is 2. The molecule has 4 rings (SSSR count). The van der Waals surface area contributed by atoms with Gasteiger partial charge in [-0.25, -0.2) is 14.4 Å². The number of benzene rings is 2. The summed E-state index contributed by atoms with van der Waals surface area (Å²) in [6.07, 6.45) is -1.81. The molecule has 212 valence electrons. The molecule has 0 spiro atoms. The smallest absolute Gasteiger partial charge is 0.406 e.